The molecule has 0 saturated heterocycles. The lowest BCUT2D eigenvalue weighted by Gasteiger charge is -2.09. The van der Waals surface area contributed by atoms with Crippen LogP contribution in [0.4, 0.5) is 0 Å². The van der Waals surface area contributed by atoms with E-state index in [2.05, 4.69) is 9.97 Å². The van der Waals surface area contributed by atoms with Crippen LogP contribution in [0.25, 0.3) is 0 Å². The molecule has 2 heterocycles. The number of aromatic nitrogens is 2. The fraction of sp³-hybridized carbons (Fsp3) is 0.300. The SMILES string of the molecule is Cc1ncsc1C(=O)O[C@H](C)c1nccs1. The molecule has 0 aliphatic rings. The average Bonchev–Trinajstić information content (AvgIpc) is 2.86. The van der Waals surface area contributed by atoms with Crippen LogP contribution in [0.5, 0.6) is 0 Å². The molecule has 0 aromatic carbocycles. The highest BCUT2D eigenvalue weighted by Crippen LogP contribution is 2.22. The summed E-state index contributed by atoms with van der Waals surface area (Å²) in [5.74, 6) is -0.331. The number of carbonyl (C=O) groups excluding carboxylic acids is 1. The van der Waals surface area contributed by atoms with E-state index in [1.54, 1.807) is 18.6 Å². The normalized spacial score (nSPS) is 12.4. The Hall–Kier alpha value is -1.27. The minimum absolute atomic E-state index is 0.311. The Morgan fingerprint density at radius 2 is 2.25 bits per heavy atom. The van der Waals surface area contributed by atoms with Gasteiger partial charge in [-0.05, 0) is 13.8 Å². The van der Waals surface area contributed by atoms with Crippen LogP contribution in [0.1, 0.15) is 33.4 Å². The zero-order valence-electron chi connectivity index (χ0n) is 8.84. The summed E-state index contributed by atoms with van der Waals surface area (Å²) in [6.45, 7) is 3.61. The number of esters is 1. The fourth-order valence-electron chi connectivity index (χ4n) is 1.20. The maximum absolute atomic E-state index is 11.8. The molecule has 0 unspecified atom stereocenters. The van der Waals surface area contributed by atoms with Gasteiger partial charge in [-0.1, -0.05) is 0 Å². The van der Waals surface area contributed by atoms with Gasteiger partial charge in [-0.15, -0.1) is 22.7 Å². The topological polar surface area (TPSA) is 52.1 Å². The second-order valence-corrected chi connectivity index (χ2v) is 4.97. The molecule has 0 fully saturated rings. The van der Waals surface area contributed by atoms with Crippen molar-refractivity contribution in [2.75, 3.05) is 0 Å². The van der Waals surface area contributed by atoms with E-state index in [-0.39, 0.29) is 12.1 Å². The third-order valence-electron chi connectivity index (χ3n) is 2.01. The lowest BCUT2D eigenvalue weighted by molar-refractivity contribution is 0.0342. The van der Waals surface area contributed by atoms with Crippen molar-refractivity contribution in [2.24, 2.45) is 0 Å². The average molecular weight is 254 g/mol. The summed E-state index contributed by atoms with van der Waals surface area (Å²) < 4.78 is 5.30. The molecule has 1 atom stereocenters. The Morgan fingerprint density at radius 1 is 1.44 bits per heavy atom. The van der Waals surface area contributed by atoms with E-state index in [9.17, 15) is 4.79 Å². The van der Waals surface area contributed by atoms with E-state index < -0.39 is 0 Å². The lowest BCUT2D eigenvalue weighted by atomic mass is 10.4. The van der Waals surface area contributed by atoms with Gasteiger partial charge in [-0.25, -0.2) is 14.8 Å². The molecule has 0 N–H and O–H groups in total. The van der Waals surface area contributed by atoms with Crippen LogP contribution >= 0.6 is 22.7 Å². The van der Waals surface area contributed by atoms with Crippen LogP contribution < -0.4 is 0 Å². The molecule has 0 aliphatic heterocycles. The van der Waals surface area contributed by atoms with Crippen LogP contribution in [-0.2, 0) is 4.74 Å². The molecule has 4 nitrogen and oxygen atoms in total. The van der Waals surface area contributed by atoms with Gasteiger partial charge in [-0.2, -0.15) is 0 Å². The predicted molar refractivity (Wildman–Crippen MR) is 62.8 cm³/mol. The smallest absolute Gasteiger partial charge is 0.350 e. The first-order chi connectivity index (χ1) is 7.68. The fourth-order valence-corrected chi connectivity index (χ4v) is 2.50. The van der Waals surface area contributed by atoms with Crippen molar-refractivity contribution in [1.29, 1.82) is 0 Å². The monoisotopic (exact) mass is 254 g/mol. The Bertz CT molecular complexity index is 479. The Balaban J connectivity index is 2.06. The van der Waals surface area contributed by atoms with Gasteiger partial charge in [-0.3, -0.25) is 0 Å². The molecule has 0 amide bonds. The van der Waals surface area contributed by atoms with Crippen molar-refractivity contribution in [1.82, 2.24) is 9.97 Å². The first kappa shape index (κ1) is 11.2. The second kappa shape index (κ2) is 4.71. The van der Waals surface area contributed by atoms with Gasteiger partial charge in [0.2, 0.25) is 0 Å². The molecule has 16 heavy (non-hydrogen) atoms. The molecule has 6 heteroatoms. The molecule has 2 aromatic heterocycles. The van der Waals surface area contributed by atoms with Crippen LogP contribution in [0, 0.1) is 6.92 Å². The molecule has 0 aliphatic carbocycles. The first-order valence-electron chi connectivity index (χ1n) is 4.69. The minimum atomic E-state index is -0.331. The van der Waals surface area contributed by atoms with E-state index in [0.717, 1.165) is 5.01 Å². The molecule has 0 saturated carbocycles. The lowest BCUT2D eigenvalue weighted by Crippen LogP contribution is -2.08. The maximum atomic E-state index is 11.8. The summed E-state index contributed by atoms with van der Waals surface area (Å²) in [4.78, 5) is 20.4. The van der Waals surface area contributed by atoms with Crippen molar-refractivity contribution in [3.8, 4) is 0 Å². The highest BCUT2D eigenvalue weighted by Gasteiger charge is 2.18. The van der Waals surface area contributed by atoms with E-state index in [4.69, 9.17) is 4.74 Å². The molecule has 0 radical (unpaired) electrons. The van der Waals surface area contributed by atoms with Crippen LogP contribution in [0.3, 0.4) is 0 Å². The highest BCUT2D eigenvalue weighted by atomic mass is 32.1. The summed E-state index contributed by atoms with van der Waals surface area (Å²) in [7, 11) is 0. The van der Waals surface area contributed by atoms with Crippen molar-refractivity contribution in [3.05, 3.63) is 32.7 Å². The summed E-state index contributed by atoms with van der Waals surface area (Å²) in [6, 6.07) is 0. The van der Waals surface area contributed by atoms with Crippen molar-refractivity contribution in [3.63, 3.8) is 0 Å². The highest BCUT2D eigenvalue weighted by molar-refractivity contribution is 7.11. The predicted octanol–water partition coefficient (Wildman–Crippen LogP) is 2.83. The summed E-state index contributed by atoms with van der Waals surface area (Å²) in [5.41, 5.74) is 2.35. The number of carbonyl (C=O) groups is 1. The Kier molecular flexibility index (Phi) is 3.31. The summed E-state index contributed by atoms with van der Waals surface area (Å²) >= 11 is 2.77. The van der Waals surface area contributed by atoms with Gasteiger partial charge >= 0.3 is 5.97 Å². The van der Waals surface area contributed by atoms with Gasteiger partial charge in [0.05, 0.1) is 11.2 Å². The van der Waals surface area contributed by atoms with Gasteiger partial charge in [0.1, 0.15) is 9.88 Å². The molecular weight excluding hydrogens is 244 g/mol. The van der Waals surface area contributed by atoms with Gasteiger partial charge < -0.3 is 4.74 Å². The number of nitrogens with zero attached hydrogens (tertiary/aromatic N) is 2. The van der Waals surface area contributed by atoms with Crippen molar-refractivity contribution < 1.29 is 9.53 Å². The number of hydrogen-bond donors (Lipinski definition) is 0. The second-order valence-electron chi connectivity index (χ2n) is 3.18. The Morgan fingerprint density at radius 3 is 2.81 bits per heavy atom. The standard InChI is InChI=1S/C10H10N2O2S2/c1-6-8(16-5-12-6)10(13)14-7(2)9-11-3-4-15-9/h3-5,7H,1-2H3/t7-/m1/s1. The van der Waals surface area contributed by atoms with E-state index in [0.29, 0.717) is 10.6 Å². The first-order valence-corrected chi connectivity index (χ1v) is 6.45. The number of thiazole rings is 2. The third-order valence-corrected chi connectivity index (χ3v) is 3.86. The molecule has 84 valence electrons. The number of ether oxygens (including phenoxy) is 1. The number of hydrogen-bond acceptors (Lipinski definition) is 6. The minimum Gasteiger partial charge on any atom is -0.451 e. The van der Waals surface area contributed by atoms with E-state index in [1.165, 1.54) is 22.7 Å². The molecule has 0 spiro atoms. The quantitative estimate of drug-likeness (QED) is 0.790. The van der Waals surface area contributed by atoms with Crippen LogP contribution in [0.2, 0.25) is 0 Å². The van der Waals surface area contributed by atoms with E-state index in [1.807, 2.05) is 12.3 Å². The van der Waals surface area contributed by atoms with Gasteiger partial charge in [0.15, 0.2) is 6.10 Å². The van der Waals surface area contributed by atoms with Gasteiger partial charge in [0, 0.05) is 11.6 Å². The summed E-state index contributed by atoms with van der Waals surface area (Å²) in [6.07, 6.45) is 1.39. The zero-order valence-corrected chi connectivity index (χ0v) is 10.5. The number of aryl methyl sites for hydroxylation is 1. The van der Waals surface area contributed by atoms with Gasteiger partial charge in [0.25, 0.3) is 0 Å². The largest absolute Gasteiger partial charge is 0.451 e. The zero-order chi connectivity index (χ0) is 11.5. The van der Waals surface area contributed by atoms with Crippen LogP contribution in [0.15, 0.2) is 17.1 Å². The maximum Gasteiger partial charge on any atom is 0.350 e. The molecule has 2 rings (SSSR count). The third kappa shape index (κ3) is 2.28. The number of rotatable bonds is 3. The molecule has 2 aromatic rings. The molecular formula is C10H10N2O2S2. The Labute approximate surface area is 101 Å². The summed E-state index contributed by atoms with van der Waals surface area (Å²) in [5, 5.41) is 2.66. The molecule has 0 bridgehead atoms. The van der Waals surface area contributed by atoms with Crippen molar-refractivity contribution in [2.45, 2.75) is 20.0 Å². The van der Waals surface area contributed by atoms with Crippen molar-refractivity contribution >= 4 is 28.6 Å². The van der Waals surface area contributed by atoms with E-state index >= 15 is 0 Å². The van der Waals surface area contributed by atoms with Crippen LogP contribution in [-0.4, -0.2) is 15.9 Å².